The molecule has 0 fully saturated rings. The molecule has 0 atom stereocenters. The van der Waals surface area contributed by atoms with E-state index in [4.69, 9.17) is 14.2 Å². The summed E-state index contributed by atoms with van der Waals surface area (Å²) in [5.74, 6) is 2.58. The predicted molar refractivity (Wildman–Crippen MR) is 282 cm³/mol. The zero-order chi connectivity index (χ0) is 45.0. The Bertz CT molecular complexity index is 935. The Morgan fingerprint density at radius 3 is 0.603 bits per heavy atom. The van der Waals surface area contributed by atoms with Crippen molar-refractivity contribution in [1.29, 1.82) is 0 Å². The van der Waals surface area contributed by atoms with Gasteiger partial charge in [-0.2, -0.15) is 0 Å². The van der Waals surface area contributed by atoms with Gasteiger partial charge in [-0.15, -0.1) is 0 Å². The predicted octanol–water partition coefficient (Wildman–Crippen LogP) is 21.6. The summed E-state index contributed by atoms with van der Waals surface area (Å²) in [6, 6.07) is 6.28. The van der Waals surface area contributed by atoms with Crippen molar-refractivity contribution in [2.45, 2.75) is 329 Å². The van der Waals surface area contributed by atoms with Crippen LogP contribution in [0.2, 0.25) is 0 Å². The Hall–Kier alpha value is -1.38. The third-order valence-electron chi connectivity index (χ3n) is 13.7. The number of para-hydroxylation sites is 1. The van der Waals surface area contributed by atoms with Gasteiger partial charge in [0.1, 0.15) is 0 Å². The Morgan fingerprint density at radius 2 is 0.397 bits per heavy atom. The van der Waals surface area contributed by atoms with Crippen molar-refractivity contribution >= 4 is 0 Å². The van der Waals surface area contributed by atoms with Gasteiger partial charge in [0.05, 0.1) is 19.8 Å². The maximum Gasteiger partial charge on any atom is 0.203 e. The van der Waals surface area contributed by atoms with E-state index in [0.29, 0.717) is 0 Å². The highest BCUT2D eigenvalue weighted by atomic mass is 16.5. The molecule has 63 heavy (non-hydrogen) atoms. The summed E-state index contributed by atoms with van der Waals surface area (Å²) in [6.07, 6.45) is 66.6. The molecule has 0 spiro atoms. The molecule has 0 N–H and O–H groups in total. The van der Waals surface area contributed by atoms with Crippen LogP contribution < -0.4 is 14.2 Å². The molecule has 0 aliphatic rings. The van der Waals surface area contributed by atoms with Gasteiger partial charge in [-0.3, -0.25) is 0 Å². The normalized spacial score (nSPS) is 11.5. The Morgan fingerprint density at radius 1 is 0.222 bits per heavy atom. The van der Waals surface area contributed by atoms with Gasteiger partial charge in [-0.05, 0) is 31.4 Å². The molecule has 1 aromatic rings. The first-order valence-corrected chi connectivity index (χ1v) is 29.3. The van der Waals surface area contributed by atoms with Crippen LogP contribution in [0.5, 0.6) is 17.2 Å². The standard InChI is InChI=1S/C60H114O3/c1-4-7-10-13-16-19-22-25-28-31-34-37-40-43-46-49-55-61-58-53-52-54-59(62-56-50-47-44-41-38-35-32-29-26-23-20-17-14-11-8-5-2)60(58)63-57-51-48-45-42-39-36-33-30-27-24-21-18-15-12-9-6-3/h52-54H,4-51,55-57H2,1-3H3. The van der Waals surface area contributed by atoms with Crippen molar-refractivity contribution < 1.29 is 14.2 Å². The number of rotatable bonds is 54. The molecule has 0 bridgehead atoms. The van der Waals surface area contributed by atoms with Gasteiger partial charge in [0, 0.05) is 0 Å². The lowest BCUT2D eigenvalue weighted by molar-refractivity contribution is 0.234. The van der Waals surface area contributed by atoms with Gasteiger partial charge in [0.15, 0.2) is 11.5 Å². The van der Waals surface area contributed by atoms with Gasteiger partial charge in [0.2, 0.25) is 5.75 Å². The molecule has 1 aromatic carbocycles. The molecule has 1 rings (SSSR count). The summed E-state index contributed by atoms with van der Waals surface area (Å²) in [7, 11) is 0. The number of ether oxygens (including phenoxy) is 3. The van der Waals surface area contributed by atoms with Crippen molar-refractivity contribution in [3.63, 3.8) is 0 Å². The van der Waals surface area contributed by atoms with Crippen molar-refractivity contribution in [2.75, 3.05) is 19.8 Å². The van der Waals surface area contributed by atoms with E-state index >= 15 is 0 Å². The first-order valence-electron chi connectivity index (χ1n) is 29.3. The van der Waals surface area contributed by atoms with E-state index < -0.39 is 0 Å². The first-order chi connectivity index (χ1) is 31.3. The third-order valence-corrected chi connectivity index (χ3v) is 13.7. The van der Waals surface area contributed by atoms with E-state index in [1.54, 1.807) is 0 Å². The summed E-state index contributed by atoms with van der Waals surface area (Å²) < 4.78 is 19.3. The number of benzene rings is 1. The average Bonchev–Trinajstić information content (AvgIpc) is 3.30. The Kier molecular flexibility index (Phi) is 48.8. The minimum absolute atomic E-state index is 0.743. The van der Waals surface area contributed by atoms with E-state index in [9.17, 15) is 0 Å². The molecular formula is C60H114O3. The zero-order valence-electron chi connectivity index (χ0n) is 43.5. The lowest BCUT2D eigenvalue weighted by atomic mass is 10.0. The summed E-state index contributed by atoms with van der Waals surface area (Å²) in [5.41, 5.74) is 0. The van der Waals surface area contributed by atoms with Crippen LogP contribution in [-0.2, 0) is 0 Å². The summed E-state index contributed by atoms with van der Waals surface area (Å²) in [4.78, 5) is 0. The monoisotopic (exact) mass is 883 g/mol. The summed E-state index contributed by atoms with van der Waals surface area (Å²) in [6.45, 7) is 9.18. The van der Waals surface area contributed by atoms with E-state index in [1.165, 1.54) is 289 Å². The highest BCUT2D eigenvalue weighted by Gasteiger charge is 2.13. The average molecular weight is 884 g/mol. The second kappa shape index (κ2) is 51.6. The smallest absolute Gasteiger partial charge is 0.203 e. The van der Waals surface area contributed by atoms with E-state index in [-0.39, 0.29) is 0 Å². The van der Waals surface area contributed by atoms with Crippen LogP contribution in [0.3, 0.4) is 0 Å². The quantitative estimate of drug-likeness (QED) is 0.0610. The molecule has 0 unspecified atom stereocenters. The van der Waals surface area contributed by atoms with Crippen LogP contribution >= 0.6 is 0 Å². The van der Waals surface area contributed by atoms with Crippen molar-refractivity contribution in [2.24, 2.45) is 0 Å². The van der Waals surface area contributed by atoms with E-state index in [2.05, 4.69) is 39.0 Å². The maximum atomic E-state index is 6.50. The van der Waals surface area contributed by atoms with Crippen molar-refractivity contribution in [3.05, 3.63) is 18.2 Å². The second-order valence-electron chi connectivity index (χ2n) is 20.0. The first kappa shape index (κ1) is 59.6. The lowest BCUT2D eigenvalue weighted by Crippen LogP contribution is -2.06. The van der Waals surface area contributed by atoms with Crippen molar-refractivity contribution in [1.82, 2.24) is 0 Å². The van der Waals surface area contributed by atoms with Gasteiger partial charge in [0.25, 0.3) is 0 Å². The molecule has 0 radical (unpaired) electrons. The third kappa shape index (κ3) is 43.0. The molecule has 0 aromatic heterocycles. The highest BCUT2D eigenvalue weighted by molar-refractivity contribution is 5.51. The molecule has 0 heterocycles. The largest absolute Gasteiger partial charge is 0.490 e. The Balaban J connectivity index is 2.29. The van der Waals surface area contributed by atoms with Gasteiger partial charge in [-0.1, -0.05) is 316 Å². The van der Waals surface area contributed by atoms with E-state index in [0.717, 1.165) is 56.3 Å². The van der Waals surface area contributed by atoms with Crippen LogP contribution in [0.1, 0.15) is 329 Å². The molecule has 0 amide bonds. The lowest BCUT2D eigenvalue weighted by Gasteiger charge is -2.17. The fourth-order valence-electron chi connectivity index (χ4n) is 9.35. The van der Waals surface area contributed by atoms with Gasteiger partial charge in [-0.25, -0.2) is 0 Å². The van der Waals surface area contributed by atoms with Gasteiger partial charge >= 0.3 is 0 Å². The molecule has 3 nitrogen and oxygen atoms in total. The Labute approximate surface area is 396 Å². The number of hydrogen-bond donors (Lipinski definition) is 0. The SMILES string of the molecule is CCCCCCCCCCCCCCCCCCOc1cccc(OCCCCCCCCCCCCCCCCCC)c1OCCCCCCCCCCCCCCCCCC. The minimum atomic E-state index is 0.743. The molecule has 372 valence electrons. The summed E-state index contributed by atoms with van der Waals surface area (Å²) in [5, 5.41) is 0. The molecule has 0 aliphatic carbocycles. The van der Waals surface area contributed by atoms with Crippen LogP contribution in [0.4, 0.5) is 0 Å². The van der Waals surface area contributed by atoms with Gasteiger partial charge < -0.3 is 14.2 Å². The number of unbranched alkanes of at least 4 members (excludes halogenated alkanes) is 45. The zero-order valence-corrected chi connectivity index (χ0v) is 43.5. The van der Waals surface area contributed by atoms with E-state index in [1.807, 2.05) is 0 Å². The highest BCUT2D eigenvalue weighted by Crippen LogP contribution is 2.38. The molecule has 0 saturated carbocycles. The number of hydrogen-bond acceptors (Lipinski definition) is 3. The molecule has 0 saturated heterocycles. The fourth-order valence-corrected chi connectivity index (χ4v) is 9.35. The van der Waals surface area contributed by atoms with Crippen LogP contribution in [0, 0.1) is 0 Å². The molecular weight excluding hydrogens is 769 g/mol. The molecule has 0 aliphatic heterocycles. The van der Waals surface area contributed by atoms with Crippen molar-refractivity contribution in [3.8, 4) is 17.2 Å². The topological polar surface area (TPSA) is 27.7 Å². The fraction of sp³-hybridized carbons (Fsp3) is 0.900. The van der Waals surface area contributed by atoms with Crippen LogP contribution in [0.25, 0.3) is 0 Å². The maximum absolute atomic E-state index is 6.50. The second-order valence-corrected chi connectivity index (χ2v) is 20.0. The van der Waals surface area contributed by atoms with Crippen LogP contribution in [-0.4, -0.2) is 19.8 Å². The molecule has 3 heteroatoms. The summed E-state index contributed by atoms with van der Waals surface area (Å²) >= 11 is 0. The van der Waals surface area contributed by atoms with Crippen LogP contribution in [0.15, 0.2) is 18.2 Å². The minimum Gasteiger partial charge on any atom is -0.490 e.